The minimum atomic E-state index is -0.387. The largest absolute Gasteiger partial charge is 0.493 e. The Labute approximate surface area is 109 Å². The van der Waals surface area contributed by atoms with Gasteiger partial charge in [-0.05, 0) is 23.8 Å². The molecule has 1 aromatic carbocycles. The van der Waals surface area contributed by atoms with Gasteiger partial charge in [0, 0.05) is 17.4 Å². The van der Waals surface area contributed by atoms with Gasteiger partial charge < -0.3 is 15.6 Å². The molecule has 94 valence electrons. The number of benzene rings is 1. The van der Waals surface area contributed by atoms with Crippen molar-refractivity contribution >= 4 is 11.3 Å². The average Bonchev–Trinajstić information content (AvgIpc) is 3.05. The molecule has 0 saturated carbocycles. The van der Waals surface area contributed by atoms with Gasteiger partial charge in [-0.1, -0.05) is 0 Å². The number of nitrogens with two attached hydrogens (primary N) is 1. The number of thiazole rings is 1. The Morgan fingerprint density at radius 3 is 3.22 bits per heavy atom. The summed E-state index contributed by atoms with van der Waals surface area (Å²) in [4.78, 5) is 4.47. The molecule has 0 radical (unpaired) electrons. The van der Waals surface area contributed by atoms with Crippen LogP contribution >= 0.6 is 11.3 Å². The summed E-state index contributed by atoms with van der Waals surface area (Å²) in [6.45, 7) is 0.682. The maximum atomic E-state index is 9.02. The van der Waals surface area contributed by atoms with Gasteiger partial charge in [0.1, 0.15) is 10.8 Å². The molecule has 0 saturated heterocycles. The van der Waals surface area contributed by atoms with E-state index in [2.05, 4.69) is 11.1 Å². The van der Waals surface area contributed by atoms with E-state index in [-0.39, 0.29) is 12.6 Å². The number of aromatic nitrogens is 1. The topological polar surface area (TPSA) is 68.4 Å². The van der Waals surface area contributed by atoms with Gasteiger partial charge in [-0.2, -0.15) is 0 Å². The molecule has 18 heavy (non-hydrogen) atoms. The molecule has 0 fully saturated rings. The van der Waals surface area contributed by atoms with Crippen LogP contribution in [0.2, 0.25) is 0 Å². The normalized spacial score (nSPS) is 15.2. The van der Waals surface area contributed by atoms with Crippen LogP contribution in [0.5, 0.6) is 5.75 Å². The molecule has 0 spiro atoms. The number of ether oxygens (including phenoxy) is 1. The standard InChI is InChI=1S/C13H14N2O2S/c14-10(6-16)13-15-11(7-18-13)8-1-2-12-9(5-8)3-4-17-12/h1-2,5,7,10,16H,3-4,6,14H2. The van der Waals surface area contributed by atoms with Gasteiger partial charge in [-0.15, -0.1) is 11.3 Å². The quantitative estimate of drug-likeness (QED) is 0.884. The molecular formula is C13H14N2O2S. The second kappa shape index (κ2) is 4.68. The molecule has 1 aliphatic rings. The summed E-state index contributed by atoms with van der Waals surface area (Å²) in [6, 6.07) is 5.73. The summed E-state index contributed by atoms with van der Waals surface area (Å²) in [5.74, 6) is 0.973. The van der Waals surface area contributed by atoms with Crippen LogP contribution in [0.4, 0.5) is 0 Å². The zero-order valence-corrected chi connectivity index (χ0v) is 10.6. The van der Waals surface area contributed by atoms with Crippen LogP contribution in [0, 0.1) is 0 Å². The number of aliphatic hydroxyl groups is 1. The zero-order chi connectivity index (χ0) is 12.5. The first-order valence-corrected chi connectivity index (χ1v) is 6.74. The Morgan fingerprint density at radius 1 is 1.50 bits per heavy atom. The Balaban J connectivity index is 1.92. The molecule has 2 aromatic rings. The first-order valence-electron chi connectivity index (χ1n) is 5.86. The lowest BCUT2D eigenvalue weighted by atomic mass is 10.1. The number of hydrogen-bond donors (Lipinski definition) is 2. The lowest BCUT2D eigenvalue weighted by Gasteiger charge is -2.03. The van der Waals surface area contributed by atoms with Crippen molar-refractivity contribution in [2.45, 2.75) is 12.5 Å². The third kappa shape index (κ3) is 2.01. The fourth-order valence-corrected chi connectivity index (χ4v) is 2.84. The van der Waals surface area contributed by atoms with E-state index in [0.29, 0.717) is 0 Å². The smallest absolute Gasteiger partial charge is 0.122 e. The van der Waals surface area contributed by atoms with Crippen molar-refractivity contribution in [3.8, 4) is 17.0 Å². The minimum Gasteiger partial charge on any atom is -0.493 e. The van der Waals surface area contributed by atoms with Gasteiger partial charge in [-0.25, -0.2) is 4.98 Å². The highest BCUT2D eigenvalue weighted by atomic mass is 32.1. The van der Waals surface area contributed by atoms with Gasteiger partial charge in [0.25, 0.3) is 0 Å². The van der Waals surface area contributed by atoms with Crippen molar-refractivity contribution in [2.24, 2.45) is 5.73 Å². The number of nitrogens with zero attached hydrogens (tertiary/aromatic N) is 1. The molecule has 0 aliphatic carbocycles. The molecule has 0 amide bonds. The minimum absolute atomic E-state index is 0.0784. The van der Waals surface area contributed by atoms with Crippen molar-refractivity contribution in [1.82, 2.24) is 4.98 Å². The van der Waals surface area contributed by atoms with Crippen molar-refractivity contribution in [3.05, 3.63) is 34.2 Å². The lowest BCUT2D eigenvalue weighted by Crippen LogP contribution is -2.13. The number of hydrogen-bond acceptors (Lipinski definition) is 5. The second-order valence-electron chi connectivity index (χ2n) is 4.28. The second-order valence-corrected chi connectivity index (χ2v) is 5.17. The molecular weight excluding hydrogens is 248 g/mol. The first-order chi connectivity index (χ1) is 8.78. The average molecular weight is 262 g/mol. The van der Waals surface area contributed by atoms with E-state index in [0.717, 1.165) is 35.0 Å². The van der Waals surface area contributed by atoms with Crippen LogP contribution in [-0.2, 0) is 6.42 Å². The van der Waals surface area contributed by atoms with Crippen LogP contribution in [-0.4, -0.2) is 23.3 Å². The van der Waals surface area contributed by atoms with Crippen molar-refractivity contribution in [2.75, 3.05) is 13.2 Å². The van der Waals surface area contributed by atoms with E-state index in [1.807, 2.05) is 17.5 Å². The number of rotatable bonds is 3. The van der Waals surface area contributed by atoms with E-state index >= 15 is 0 Å². The summed E-state index contributed by atoms with van der Waals surface area (Å²) >= 11 is 1.48. The van der Waals surface area contributed by atoms with E-state index in [9.17, 15) is 0 Å². The Bertz CT molecular complexity index is 568. The molecule has 1 atom stereocenters. The molecule has 2 heterocycles. The maximum Gasteiger partial charge on any atom is 0.122 e. The SMILES string of the molecule is NC(CO)c1nc(-c2ccc3c(c2)CCO3)cs1. The predicted octanol–water partition coefficient (Wildman–Crippen LogP) is 1.74. The Hall–Kier alpha value is -1.43. The molecule has 4 nitrogen and oxygen atoms in total. The molecule has 3 N–H and O–H groups in total. The zero-order valence-electron chi connectivity index (χ0n) is 9.80. The molecule has 5 heteroatoms. The summed E-state index contributed by atoms with van der Waals surface area (Å²) in [7, 11) is 0. The van der Waals surface area contributed by atoms with Crippen molar-refractivity contribution in [1.29, 1.82) is 0 Å². The highest BCUT2D eigenvalue weighted by Gasteiger charge is 2.15. The lowest BCUT2D eigenvalue weighted by molar-refractivity contribution is 0.268. The number of aliphatic hydroxyl groups excluding tert-OH is 1. The van der Waals surface area contributed by atoms with E-state index < -0.39 is 0 Å². The first kappa shape index (κ1) is 11.6. The molecule has 3 rings (SSSR count). The van der Waals surface area contributed by atoms with Crippen molar-refractivity contribution in [3.63, 3.8) is 0 Å². The van der Waals surface area contributed by atoms with Gasteiger partial charge in [0.05, 0.1) is 24.9 Å². The highest BCUT2D eigenvalue weighted by Crippen LogP contribution is 2.31. The summed E-state index contributed by atoms with van der Waals surface area (Å²) in [6.07, 6.45) is 0.955. The van der Waals surface area contributed by atoms with Gasteiger partial charge in [-0.3, -0.25) is 0 Å². The van der Waals surface area contributed by atoms with Crippen molar-refractivity contribution < 1.29 is 9.84 Å². The Morgan fingerprint density at radius 2 is 2.39 bits per heavy atom. The van der Waals surface area contributed by atoms with Gasteiger partial charge >= 0.3 is 0 Å². The highest BCUT2D eigenvalue weighted by molar-refractivity contribution is 7.10. The third-order valence-corrected chi connectivity index (χ3v) is 4.00. The van der Waals surface area contributed by atoms with E-state index in [1.54, 1.807) is 0 Å². The van der Waals surface area contributed by atoms with Crippen LogP contribution < -0.4 is 10.5 Å². The van der Waals surface area contributed by atoms with E-state index in [4.69, 9.17) is 15.6 Å². The third-order valence-electron chi connectivity index (χ3n) is 3.02. The monoisotopic (exact) mass is 262 g/mol. The Kier molecular flexibility index (Phi) is 3.03. The van der Waals surface area contributed by atoms with Gasteiger partial charge in [0.15, 0.2) is 0 Å². The van der Waals surface area contributed by atoms with Crippen LogP contribution in [0.3, 0.4) is 0 Å². The maximum absolute atomic E-state index is 9.02. The molecule has 1 aromatic heterocycles. The molecule has 0 bridgehead atoms. The van der Waals surface area contributed by atoms with Crippen LogP contribution in [0.15, 0.2) is 23.6 Å². The summed E-state index contributed by atoms with van der Waals surface area (Å²) < 4.78 is 5.48. The summed E-state index contributed by atoms with van der Waals surface area (Å²) in [5.41, 5.74) is 8.97. The molecule has 1 aliphatic heterocycles. The molecule has 1 unspecified atom stereocenters. The fourth-order valence-electron chi connectivity index (χ4n) is 2.01. The van der Waals surface area contributed by atoms with Crippen LogP contribution in [0.25, 0.3) is 11.3 Å². The fraction of sp³-hybridized carbons (Fsp3) is 0.308. The van der Waals surface area contributed by atoms with Crippen LogP contribution in [0.1, 0.15) is 16.6 Å². The summed E-state index contributed by atoms with van der Waals surface area (Å²) in [5, 5.41) is 11.8. The predicted molar refractivity (Wildman–Crippen MR) is 70.8 cm³/mol. The van der Waals surface area contributed by atoms with Gasteiger partial charge in [0.2, 0.25) is 0 Å². The number of fused-ring (bicyclic) bond motifs is 1. The van der Waals surface area contributed by atoms with E-state index in [1.165, 1.54) is 16.9 Å².